The highest BCUT2D eigenvalue weighted by molar-refractivity contribution is 6.36. The van der Waals surface area contributed by atoms with Gasteiger partial charge in [0.05, 0.1) is 23.9 Å². The number of carbonyl (C=O) groups excluding carboxylic acids is 1. The van der Waals surface area contributed by atoms with Crippen molar-refractivity contribution in [2.75, 3.05) is 7.11 Å². The van der Waals surface area contributed by atoms with Gasteiger partial charge in [-0.15, -0.1) is 0 Å². The van der Waals surface area contributed by atoms with Gasteiger partial charge >= 0.3 is 0 Å². The number of aryl methyl sites for hydroxylation is 1. The Labute approximate surface area is 143 Å². The molecule has 0 fully saturated rings. The molecule has 0 heterocycles. The second-order valence-corrected chi connectivity index (χ2v) is 5.52. The second kappa shape index (κ2) is 7.35. The summed E-state index contributed by atoms with van der Waals surface area (Å²) in [5.41, 5.74) is 3.59. The Bertz CT molecular complexity index is 776. The summed E-state index contributed by atoms with van der Waals surface area (Å²) in [6, 6.07) is 8.03. The van der Waals surface area contributed by atoms with E-state index in [2.05, 4.69) is 10.5 Å². The molecule has 0 aliphatic heterocycles. The van der Waals surface area contributed by atoms with Crippen LogP contribution in [0.15, 0.2) is 35.4 Å². The lowest BCUT2D eigenvalue weighted by Gasteiger charge is -2.08. The van der Waals surface area contributed by atoms with Crippen molar-refractivity contribution in [3.05, 3.63) is 57.1 Å². The van der Waals surface area contributed by atoms with Gasteiger partial charge in [-0.25, -0.2) is 5.43 Å². The zero-order valence-corrected chi connectivity index (χ0v) is 13.9. The number of rotatable bonds is 4. The highest BCUT2D eigenvalue weighted by atomic mass is 35.5. The van der Waals surface area contributed by atoms with E-state index in [4.69, 9.17) is 27.9 Å². The van der Waals surface area contributed by atoms with Crippen molar-refractivity contribution in [2.24, 2.45) is 5.10 Å². The number of ether oxygens (including phenoxy) is 1. The highest BCUT2D eigenvalue weighted by Gasteiger charge is 2.12. The first kappa shape index (κ1) is 17.1. The Morgan fingerprint density at radius 2 is 2.09 bits per heavy atom. The van der Waals surface area contributed by atoms with Gasteiger partial charge in [0.1, 0.15) is 11.5 Å². The Hall–Kier alpha value is -2.24. The van der Waals surface area contributed by atoms with Gasteiger partial charge in [0, 0.05) is 10.6 Å². The van der Waals surface area contributed by atoms with E-state index in [-0.39, 0.29) is 11.3 Å². The third-order valence-corrected chi connectivity index (χ3v) is 3.59. The van der Waals surface area contributed by atoms with Crippen molar-refractivity contribution in [1.29, 1.82) is 0 Å². The van der Waals surface area contributed by atoms with Gasteiger partial charge in [0.15, 0.2) is 0 Å². The van der Waals surface area contributed by atoms with E-state index in [0.717, 1.165) is 0 Å². The molecule has 0 aliphatic carbocycles. The van der Waals surface area contributed by atoms with Gasteiger partial charge in [0.2, 0.25) is 0 Å². The van der Waals surface area contributed by atoms with Gasteiger partial charge in [-0.1, -0.05) is 35.3 Å². The predicted molar refractivity (Wildman–Crippen MR) is 90.9 cm³/mol. The first-order chi connectivity index (χ1) is 10.9. The molecule has 2 aromatic carbocycles. The maximum Gasteiger partial charge on any atom is 0.275 e. The number of nitrogens with zero attached hydrogens (tertiary/aromatic N) is 1. The lowest BCUT2D eigenvalue weighted by atomic mass is 10.1. The average molecular weight is 353 g/mol. The largest absolute Gasteiger partial charge is 0.507 e. The van der Waals surface area contributed by atoms with Crippen LogP contribution in [0.1, 0.15) is 21.5 Å². The number of amides is 1. The zero-order chi connectivity index (χ0) is 17.0. The number of para-hydroxylation sites is 1. The molecule has 0 unspecified atom stereocenters. The summed E-state index contributed by atoms with van der Waals surface area (Å²) < 4.78 is 5.17. The molecule has 2 N–H and O–H groups in total. The summed E-state index contributed by atoms with van der Waals surface area (Å²) in [4.78, 5) is 12.0. The molecule has 120 valence electrons. The number of benzene rings is 2. The van der Waals surface area contributed by atoms with Gasteiger partial charge in [-0.2, -0.15) is 5.10 Å². The number of halogens is 2. The topological polar surface area (TPSA) is 70.9 Å². The molecule has 0 saturated heterocycles. The van der Waals surface area contributed by atoms with E-state index >= 15 is 0 Å². The van der Waals surface area contributed by atoms with Crippen LogP contribution in [0.4, 0.5) is 0 Å². The van der Waals surface area contributed by atoms with Crippen LogP contribution in [0.2, 0.25) is 10.0 Å². The maximum atomic E-state index is 12.0. The van der Waals surface area contributed by atoms with Crippen molar-refractivity contribution >= 4 is 35.3 Å². The minimum atomic E-state index is -0.533. The van der Waals surface area contributed by atoms with E-state index in [1.54, 1.807) is 31.2 Å². The number of phenolic OH excluding ortho intramolecular Hbond substituents is 1. The number of carbonyl (C=O) groups is 1. The lowest BCUT2D eigenvalue weighted by Crippen LogP contribution is -2.18. The normalized spacial score (nSPS) is 10.8. The van der Waals surface area contributed by atoms with E-state index in [1.807, 2.05) is 0 Å². The molecule has 0 bridgehead atoms. The number of hydrogen-bond donors (Lipinski definition) is 2. The Kier molecular flexibility index (Phi) is 5.47. The number of hydrazone groups is 1. The summed E-state index contributed by atoms with van der Waals surface area (Å²) >= 11 is 12.0. The number of methoxy groups -OCH3 is 1. The maximum absolute atomic E-state index is 12.0. The number of aromatic hydroxyl groups is 1. The molecule has 0 aliphatic rings. The van der Waals surface area contributed by atoms with Crippen LogP contribution in [0.3, 0.4) is 0 Å². The molecule has 7 heteroatoms. The molecule has 5 nitrogen and oxygen atoms in total. The summed E-state index contributed by atoms with van der Waals surface area (Å²) in [7, 11) is 1.47. The van der Waals surface area contributed by atoms with E-state index in [1.165, 1.54) is 19.4 Å². The molecule has 0 spiro atoms. The van der Waals surface area contributed by atoms with E-state index in [9.17, 15) is 9.90 Å². The summed E-state index contributed by atoms with van der Waals surface area (Å²) in [6.07, 6.45) is 1.36. The number of hydrogen-bond acceptors (Lipinski definition) is 4. The van der Waals surface area contributed by atoms with Gasteiger partial charge in [0.25, 0.3) is 5.91 Å². The first-order valence-corrected chi connectivity index (χ1v) is 7.34. The number of phenols is 1. The summed E-state index contributed by atoms with van der Waals surface area (Å²) in [6.45, 7) is 1.70. The van der Waals surface area contributed by atoms with Crippen molar-refractivity contribution in [3.8, 4) is 11.5 Å². The molecule has 0 atom stereocenters. The monoisotopic (exact) mass is 352 g/mol. The molecule has 23 heavy (non-hydrogen) atoms. The lowest BCUT2D eigenvalue weighted by molar-refractivity contribution is 0.0952. The standard InChI is InChI=1S/C16H14Cl2N2O3/c1-9-4-3-5-12(14(9)21)16(22)20-19-8-10-6-11(17)7-13(18)15(10)23-2/h3-8,21H,1-2H3,(H,20,22). The van der Waals surface area contributed by atoms with Crippen molar-refractivity contribution in [3.63, 3.8) is 0 Å². The molecule has 2 rings (SSSR count). The Balaban J connectivity index is 2.19. The van der Waals surface area contributed by atoms with Crippen LogP contribution in [-0.2, 0) is 0 Å². The first-order valence-electron chi connectivity index (χ1n) is 6.59. The highest BCUT2D eigenvalue weighted by Crippen LogP contribution is 2.31. The smallest absolute Gasteiger partial charge is 0.275 e. The quantitative estimate of drug-likeness (QED) is 0.649. The van der Waals surface area contributed by atoms with Crippen LogP contribution in [0.5, 0.6) is 11.5 Å². The van der Waals surface area contributed by atoms with Crippen molar-refractivity contribution < 1.29 is 14.6 Å². The van der Waals surface area contributed by atoms with Gasteiger partial charge in [-0.05, 0) is 30.7 Å². The average Bonchev–Trinajstić information content (AvgIpc) is 2.49. The minimum Gasteiger partial charge on any atom is -0.507 e. The molecule has 0 saturated carbocycles. The SMILES string of the molecule is COc1c(Cl)cc(Cl)cc1C=NNC(=O)c1cccc(C)c1O. The van der Waals surface area contributed by atoms with Gasteiger partial charge in [-0.3, -0.25) is 4.79 Å². The number of nitrogens with one attached hydrogen (secondary N) is 1. The summed E-state index contributed by atoms with van der Waals surface area (Å²) in [5, 5.41) is 14.5. The third kappa shape index (κ3) is 3.94. The van der Waals surface area contributed by atoms with Crippen LogP contribution in [0, 0.1) is 6.92 Å². The Morgan fingerprint density at radius 1 is 1.35 bits per heavy atom. The minimum absolute atomic E-state index is 0.0800. The zero-order valence-electron chi connectivity index (χ0n) is 12.4. The molecule has 2 aromatic rings. The van der Waals surface area contributed by atoms with Crippen LogP contribution in [0.25, 0.3) is 0 Å². The van der Waals surface area contributed by atoms with Crippen LogP contribution < -0.4 is 10.2 Å². The van der Waals surface area contributed by atoms with Crippen molar-refractivity contribution in [2.45, 2.75) is 6.92 Å². The molecule has 0 aromatic heterocycles. The molecule has 0 radical (unpaired) electrons. The molecule has 1 amide bonds. The fraction of sp³-hybridized carbons (Fsp3) is 0.125. The predicted octanol–water partition coefficient (Wildman–Crippen LogP) is 3.78. The second-order valence-electron chi connectivity index (χ2n) is 4.68. The van der Waals surface area contributed by atoms with E-state index < -0.39 is 5.91 Å². The van der Waals surface area contributed by atoms with Crippen LogP contribution >= 0.6 is 23.2 Å². The Morgan fingerprint density at radius 3 is 2.78 bits per heavy atom. The molecular weight excluding hydrogens is 339 g/mol. The van der Waals surface area contributed by atoms with Gasteiger partial charge < -0.3 is 9.84 Å². The summed E-state index contributed by atoms with van der Waals surface area (Å²) in [5.74, 6) is -0.217. The van der Waals surface area contributed by atoms with Crippen molar-refractivity contribution in [1.82, 2.24) is 5.43 Å². The fourth-order valence-corrected chi connectivity index (χ4v) is 2.54. The fourth-order valence-electron chi connectivity index (χ4n) is 1.95. The third-order valence-electron chi connectivity index (χ3n) is 3.09. The van der Waals surface area contributed by atoms with E-state index in [0.29, 0.717) is 26.9 Å². The van der Waals surface area contributed by atoms with Crippen LogP contribution in [-0.4, -0.2) is 24.3 Å². The molecular formula is C16H14Cl2N2O3.